The molecule has 0 radical (unpaired) electrons. The van der Waals surface area contributed by atoms with E-state index >= 15 is 0 Å². The van der Waals surface area contributed by atoms with Gasteiger partial charge in [-0.2, -0.15) is 0 Å². The van der Waals surface area contributed by atoms with Crippen LogP contribution < -0.4 is 5.32 Å². The zero-order chi connectivity index (χ0) is 26.1. The molecule has 4 atom stereocenters. The smallest absolute Gasteiger partial charge is 0.0903 e. The summed E-state index contributed by atoms with van der Waals surface area (Å²) in [5.74, 6) is 0.853. The van der Waals surface area contributed by atoms with E-state index in [1.165, 1.54) is 58.1 Å². The minimum Gasteiger partial charge on any atom is -0.387 e. The molecule has 1 aliphatic heterocycles. The first kappa shape index (κ1) is 24.5. The summed E-state index contributed by atoms with van der Waals surface area (Å²) in [4.78, 5) is 6.09. The molecule has 200 valence electrons. The molecule has 2 aromatic carbocycles. The zero-order valence-electron chi connectivity index (χ0n) is 23.2. The summed E-state index contributed by atoms with van der Waals surface area (Å²) in [6.45, 7) is 11.3. The zero-order valence-corrected chi connectivity index (χ0v) is 23.2. The number of aliphatic hydroxyl groups is 1. The van der Waals surface area contributed by atoms with Crippen molar-refractivity contribution in [2.45, 2.75) is 94.7 Å². The Hall–Kier alpha value is -2.56. The van der Waals surface area contributed by atoms with Crippen molar-refractivity contribution in [3.63, 3.8) is 0 Å². The molecule has 3 fully saturated rings. The van der Waals surface area contributed by atoms with Crippen LogP contribution in [0, 0.1) is 19.8 Å². The molecule has 2 bridgehead atoms. The van der Waals surface area contributed by atoms with Crippen molar-refractivity contribution in [1.82, 2.24) is 15.2 Å². The molecule has 4 unspecified atom stereocenters. The lowest BCUT2D eigenvalue weighted by molar-refractivity contribution is -0.170. The maximum Gasteiger partial charge on any atom is 0.0903 e. The van der Waals surface area contributed by atoms with Crippen molar-refractivity contribution >= 4 is 10.9 Å². The average molecular weight is 510 g/mol. The van der Waals surface area contributed by atoms with Crippen LogP contribution in [0.5, 0.6) is 0 Å². The number of rotatable bonds is 7. The van der Waals surface area contributed by atoms with Crippen molar-refractivity contribution in [2.24, 2.45) is 5.92 Å². The van der Waals surface area contributed by atoms with Crippen LogP contribution >= 0.6 is 0 Å². The van der Waals surface area contributed by atoms with Gasteiger partial charge in [-0.15, -0.1) is 0 Å². The van der Waals surface area contributed by atoms with Crippen LogP contribution in [0.25, 0.3) is 10.9 Å². The van der Waals surface area contributed by atoms with Gasteiger partial charge in [0, 0.05) is 46.8 Å². The standard InChI is InChI=1S/C34H43N3O/c1-22-8-12-26-18-31-34(38)15-14-28(36-23(2)9-13-27-20-35-30-7-5-4-6-29(27)30)19-33(34,32(26)24(22)3)16-17-37(31)21-25-10-11-25/h4-8,12,20,25,28,31,35-36,38H,2,9-11,13-19,21H2,1,3H3. The van der Waals surface area contributed by atoms with Crippen molar-refractivity contribution in [3.05, 3.63) is 82.7 Å². The van der Waals surface area contributed by atoms with Gasteiger partial charge in [-0.3, -0.25) is 4.90 Å². The Morgan fingerprint density at radius 3 is 2.82 bits per heavy atom. The van der Waals surface area contributed by atoms with Crippen LogP contribution in [0.15, 0.2) is 54.9 Å². The van der Waals surface area contributed by atoms with Crippen molar-refractivity contribution in [1.29, 1.82) is 0 Å². The number of aromatic nitrogens is 1. The Morgan fingerprint density at radius 2 is 1.97 bits per heavy atom. The highest BCUT2D eigenvalue weighted by Gasteiger charge is 2.65. The number of likely N-dealkylation sites (tertiary alicyclic amines) is 1. The number of benzene rings is 2. The number of para-hydroxylation sites is 1. The highest BCUT2D eigenvalue weighted by molar-refractivity contribution is 5.83. The van der Waals surface area contributed by atoms with Gasteiger partial charge in [0.05, 0.1) is 5.60 Å². The average Bonchev–Trinajstić information content (AvgIpc) is 3.63. The second-order valence-corrected chi connectivity index (χ2v) is 13.0. The number of aromatic amines is 1. The second kappa shape index (κ2) is 8.99. The fraction of sp³-hybridized carbons (Fsp3) is 0.529. The van der Waals surface area contributed by atoms with E-state index in [1.54, 1.807) is 0 Å². The molecular formula is C34H43N3O. The summed E-state index contributed by atoms with van der Waals surface area (Å²) in [6.07, 6.45) is 11.7. The maximum atomic E-state index is 12.7. The highest BCUT2D eigenvalue weighted by Crippen LogP contribution is 2.59. The Labute approximate surface area is 227 Å². The third-order valence-corrected chi connectivity index (χ3v) is 10.8. The summed E-state index contributed by atoms with van der Waals surface area (Å²) in [5.41, 5.74) is 8.62. The number of hydrogen-bond acceptors (Lipinski definition) is 3. The van der Waals surface area contributed by atoms with Crippen molar-refractivity contribution < 1.29 is 5.11 Å². The molecule has 0 spiro atoms. The van der Waals surface area contributed by atoms with Crippen LogP contribution in [0.4, 0.5) is 0 Å². The molecule has 2 saturated carbocycles. The lowest BCUT2D eigenvalue weighted by Crippen LogP contribution is -2.74. The quantitative estimate of drug-likeness (QED) is 0.362. The minimum absolute atomic E-state index is 0.172. The number of fused-ring (bicyclic) bond motifs is 2. The normalized spacial score (nSPS) is 30.6. The van der Waals surface area contributed by atoms with Gasteiger partial charge in [0.25, 0.3) is 0 Å². The Morgan fingerprint density at radius 1 is 1.13 bits per heavy atom. The lowest BCUT2D eigenvalue weighted by atomic mass is 9.48. The number of piperidine rings is 1. The number of hydrogen-bond donors (Lipinski definition) is 3. The van der Waals surface area contributed by atoms with E-state index in [2.05, 4.69) is 78.2 Å². The molecule has 1 saturated heterocycles. The summed E-state index contributed by atoms with van der Waals surface area (Å²) >= 11 is 0. The van der Waals surface area contributed by atoms with Gasteiger partial charge in [0.2, 0.25) is 0 Å². The fourth-order valence-corrected chi connectivity index (χ4v) is 8.55. The van der Waals surface area contributed by atoms with Gasteiger partial charge < -0.3 is 15.4 Å². The van der Waals surface area contributed by atoms with E-state index in [-0.39, 0.29) is 11.5 Å². The third kappa shape index (κ3) is 3.78. The molecule has 4 aliphatic rings. The van der Waals surface area contributed by atoms with E-state index in [0.29, 0.717) is 6.04 Å². The summed E-state index contributed by atoms with van der Waals surface area (Å²) in [6, 6.07) is 13.8. The molecule has 2 heterocycles. The van der Waals surface area contributed by atoms with Crippen LogP contribution in [0.2, 0.25) is 0 Å². The van der Waals surface area contributed by atoms with Crippen LogP contribution in [-0.4, -0.2) is 45.8 Å². The molecule has 3 aromatic rings. The van der Waals surface area contributed by atoms with Gasteiger partial charge in [-0.05, 0) is 118 Å². The summed E-state index contributed by atoms with van der Waals surface area (Å²) in [7, 11) is 0. The molecular weight excluding hydrogens is 466 g/mol. The van der Waals surface area contributed by atoms with Crippen LogP contribution in [0.3, 0.4) is 0 Å². The van der Waals surface area contributed by atoms with Gasteiger partial charge >= 0.3 is 0 Å². The Kier molecular flexibility index (Phi) is 5.79. The van der Waals surface area contributed by atoms with Crippen molar-refractivity contribution in [3.8, 4) is 0 Å². The SMILES string of the molecule is C=C(CCc1c[nH]c2ccccc12)NC1CCC2(O)C3Cc4ccc(C)c(C)c4C2(CCN3CC2CC2)C1. The largest absolute Gasteiger partial charge is 0.387 e. The highest BCUT2D eigenvalue weighted by atomic mass is 16.3. The first-order valence-electron chi connectivity index (χ1n) is 14.9. The molecule has 3 N–H and O–H groups in total. The minimum atomic E-state index is -0.644. The molecule has 3 aliphatic carbocycles. The van der Waals surface area contributed by atoms with E-state index in [9.17, 15) is 5.11 Å². The molecule has 38 heavy (non-hydrogen) atoms. The number of H-pyrrole nitrogens is 1. The van der Waals surface area contributed by atoms with E-state index < -0.39 is 5.60 Å². The number of nitrogens with zero attached hydrogens (tertiary/aromatic N) is 1. The van der Waals surface area contributed by atoms with Gasteiger partial charge in [-0.1, -0.05) is 36.9 Å². The van der Waals surface area contributed by atoms with Crippen LogP contribution in [0.1, 0.15) is 72.8 Å². The molecule has 1 aromatic heterocycles. The van der Waals surface area contributed by atoms with E-state index in [0.717, 1.165) is 63.1 Å². The molecule has 7 rings (SSSR count). The molecule has 0 amide bonds. The topological polar surface area (TPSA) is 51.3 Å². The van der Waals surface area contributed by atoms with Crippen molar-refractivity contribution in [2.75, 3.05) is 13.1 Å². The molecule has 4 heteroatoms. The van der Waals surface area contributed by atoms with Gasteiger partial charge in [0.15, 0.2) is 0 Å². The second-order valence-electron chi connectivity index (χ2n) is 13.0. The first-order chi connectivity index (χ1) is 18.4. The summed E-state index contributed by atoms with van der Waals surface area (Å²) in [5, 5.41) is 17.9. The molecule has 4 nitrogen and oxygen atoms in total. The van der Waals surface area contributed by atoms with Gasteiger partial charge in [0.1, 0.15) is 0 Å². The monoisotopic (exact) mass is 509 g/mol. The number of allylic oxidation sites excluding steroid dienone is 1. The van der Waals surface area contributed by atoms with E-state index in [1.807, 2.05) is 0 Å². The number of aryl methyl sites for hydroxylation is 2. The predicted molar refractivity (Wildman–Crippen MR) is 155 cm³/mol. The first-order valence-corrected chi connectivity index (χ1v) is 14.9. The predicted octanol–water partition coefficient (Wildman–Crippen LogP) is 6.08. The Balaban J connectivity index is 1.14. The van der Waals surface area contributed by atoms with Gasteiger partial charge in [-0.25, -0.2) is 0 Å². The van der Waals surface area contributed by atoms with Crippen LogP contribution in [-0.2, 0) is 18.3 Å². The van der Waals surface area contributed by atoms with E-state index in [4.69, 9.17) is 0 Å². The summed E-state index contributed by atoms with van der Waals surface area (Å²) < 4.78 is 0. The third-order valence-electron chi connectivity index (χ3n) is 10.8. The number of nitrogens with one attached hydrogen (secondary N) is 2. The fourth-order valence-electron chi connectivity index (χ4n) is 8.55. The Bertz CT molecular complexity index is 1390. The lowest BCUT2D eigenvalue weighted by Gasteiger charge is -2.65. The maximum absolute atomic E-state index is 12.7.